The minimum Gasteiger partial charge on any atom is -0.480 e. The van der Waals surface area contributed by atoms with Gasteiger partial charge in [-0.05, 0) is 19.4 Å². The van der Waals surface area contributed by atoms with Crippen molar-refractivity contribution < 1.29 is 23.1 Å². The Hall–Kier alpha value is -0.490. The largest absolute Gasteiger partial charge is 0.480 e. The molecule has 0 spiro atoms. The molecule has 84 valence electrons. The topological polar surface area (TPSA) is 49.3 Å². The molecule has 1 aliphatic heterocycles. The number of carboxylic acids is 1. The van der Waals surface area contributed by atoms with Gasteiger partial charge in [-0.15, -0.1) is 12.4 Å². The predicted molar refractivity (Wildman–Crippen MR) is 45.5 cm³/mol. The number of nitrogens with one attached hydrogen (secondary N) is 1. The van der Waals surface area contributed by atoms with Crippen molar-refractivity contribution in [3.05, 3.63) is 0 Å². The Bertz CT molecular complexity index is 210. The van der Waals surface area contributed by atoms with E-state index in [4.69, 9.17) is 5.11 Å². The molecule has 3 nitrogen and oxygen atoms in total. The number of alkyl halides is 3. The van der Waals surface area contributed by atoms with Crippen molar-refractivity contribution in [1.82, 2.24) is 5.32 Å². The average Bonchev–Trinajstić information content (AvgIpc) is 2.03. The number of carbonyl (C=O) groups is 1. The SMILES string of the molecule is Cl.O=C(O)[C@H]1C[C@@H](C(F)(F)F)CCN1. The molecule has 2 N–H and O–H groups in total. The molecule has 0 aliphatic carbocycles. The second-order valence-corrected chi connectivity index (χ2v) is 3.11. The van der Waals surface area contributed by atoms with Gasteiger partial charge in [0.25, 0.3) is 0 Å². The lowest BCUT2D eigenvalue weighted by Gasteiger charge is -2.29. The first-order valence-electron chi connectivity index (χ1n) is 3.94. The van der Waals surface area contributed by atoms with Crippen molar-refractivity contribution in [3.8, 4) is 0 Å². The Kier molecular flexibility index (Phi) is 4.67. The summed E-state index contributed by atoms with van der Waals surface area (Å²) in [6.45, 7) is 0.112. The lowest BCUT2D eigenvalue weighted by molar-refractivity contribution is -0.184. The van der Waals surface area contributed by atoms with Gasteiger partial charge in [0.2, 0.25) is 0 Å². The standard InChI is InChI=1S/C7H10F3NO2.ClH/c8-7(9,10)4-1-2-11-5(3-4)6(12)13;/h4-5,11H,1-3H2,(H,12,13);1H/t4-,5+;/m0./s1. The van der Waals surface area contributed by atoms with Crippen LogP contribution in [0.1, 0.15) is 12.8 Å². The summed E-state index contributed by atoms with van der Waals surface area (Å²) in [6.07, 6.45) is -4.66. The van der Waals surface area contributed by atoms with Crippen LogP contribution in [0.25, 0.3) is 0 Å². The number of halogens is 4. The summed E-state index contributed by atoms with van der Waals surface area (Å²) in [5, 5.41) is 11.0. The summed E-state index contributed by atoms with van der Waals surface area (Å²) in [4.78, 5) is 10.4. The van der Waals surface area contributed by atoms with E-state index in [-0.39, 0.29) is 31.8 Å². The lowest BCUT2D eigenvalue weighted by Crippen LogP contribution is -2.46. The molecular weight excluding hydrogens is 223 g/mol. The molecule has 0 amide bonds. The van der Waals surface area contributed by atoms with Gasteiger partial charge in [-0.1, -0.05) is 0 Å². The van der Waals surface area contributed by atoms with Gasteiger partial charge in [-0.3, -0.25) is 4.79 Å². The third kappa shape index (κ3) is 3.34. The van der Waals surface area contributed by atoms with E-state index < -0.39 is 24.1 Å². The van der Waals surface area contributed by atoms with Crippen molar-refractivity contribution in [2.75, 3.05) is 6.54 Å². The summed E-state index contributed by atoms with van der Waals surface area (Å²) < 4.78 is 36.5. The maximum atomic E-state index is 12.2. The maximum Gasteiger partial charge on any atom is 0.391 e. The number of rotatable bonds is 1. The van der Waals surface area contributed by atoms with Gasteiger partial charge < -0.3 is 10.4 Å². The first-order valence-corrected chi connectivity index (χ1v) is 3.94. The van der Waals surface area contributed by atoms with E-state index in [0.717, 1.165) is 0 Å². The Morgan fingerprint density at radius 1 is 1.43 bits per heavy atom. The van der Waals surface area contributed by atoms with Crippen molar-refractivity contribution in [2.45, 2.75) is 25.1 Å². The molecular formula is C7H11ClF3NO2. The molecule has 0 aromatic rings. The van der Waals surface area contributed by atoms with E-state index in [9.17, 15) is 18.0 Å². The van der Waals surface area contributed by atoms with Crippen molar-refractivity contribution in [1.29, 1.82) is 0 Å². The summed E-state index contributed by atoms with van der Waals surface area (Å²) in [6, 6.07) is -1.06. The quantitative estimate of drug-likeness (QED) is 0.720. The molecule has 1 saturated heterocycles. The highest BCUT2D eigenvalue weighted by atomic mass is 35.5. The molecule has 1 heterocycles. The Balaban J connectivity index is 0.00000169. The Labute approximate surface area is 85.1 Å². The molecule has 2 atom stereocenters. The zero-order valence-corrected chi connectivity index (χ0v) is 7.99. The third-order valence-corrected chi connectivity index (χ3v) is 2.16. The number of hydrogen-bond donors (Lipinski definition) is 2. The zero-order chi connectivity index (χ0) is 10.1. The zero-order valence-electron chi connectivity index (χ0n) is 7.17. The monoisotopic (exact) mass is 233 g/mol. The molecule has 0 aromatic carbocycles. The molecule has 1 aliphatic rings. The van der Waals surface area contributed by atoms with Gasteiger partial charge in [-0.2, -0.15) is 13.2 Å². The first-order chi connectivity index (χ1) is 5.91. The van der Waals surface area contributed by atoms with E-state index >= 15 is 0 Å². The summed E-state index contributed by atoms with van der Waals surface area (Å²) in [5.41, 5.74) is 0. The smallest absolute Gasteiger partial charge is 0.391 e. The molecule has 1 fully saturated rings. The highest BCUT2D eigenvalue weighted by molar-refractivity contribution is 5.85. The molecule has 1 rings (SSSR count). The van der Waals surface area contributed by atoms with Gasteiger partial charge in [-0.25, -0.2) is 0 Å². The van der Waals surface area contributed by atoms with Crippen LogP contribution in [0.2, 0.25) is 0 Å². The fourth-order valence-electron chi connectivity index (χ4n) is 1.40. The number of aliphatic carboxylic acids is 1. The van der Waals surface area contributed by atoms with E-state index in [2.05, 4.69) is 5.32 Å². The summed E-state index contributed by atoms with van der Waals surface area (Å²) >= 11 is 0. The third-order valence-electron chi connectivity index (χ3n) is 2.16. The van der Waals surface area contributed by atoms with Gasteiger partial charge in [0, 0.05) is 0 Å². The average molecular weight is 234 g/mol. The fourth-order valence-corrected chi connectivity index (χ4v) is 1.40. The van der Waals surface area contributed by atoms with E-state index in [1.54, 1.807) is 0 Å². The van der Waals surface area contributed by atoms with Gasteiger partial charge in [0.15, 0.2) is 0 Å². The molecule has 0 unspecified atom stereocenters. The highest BCUT2D eigenvalue weighted by Gasteiger charge is 2.43. The van der Waals surface area contributed by atoms with Crippen LogP contribution in [0, 0.1) is 5.92 Å². The van der Waals surface area contributed by atoms with Crippen LogP contribution in [0.5, 0.6) is 0 Å². The molecule has 0 saturated carbocycles. The van der Waals surface area contributed by atoms with Crippen molar-refractivity contribution in [3.63, 3.8) is 0 Å². The van der Waals surface area contributed by atoms with Crippen LogP contribution >= 0.6 is 12.4 Å². The highest BCUT2D eigenvalue weighted by Crippen LogP contribution is 2.33. The van der Waals surface area contributed by atoms with Crippen LogP contribution in [-0.2, 0) is 4.79 Å². The predicted octanol–water partition coefficient (Wildman–Crippen LogP) is 1.42. The fraction of sp³-hybridized carbons (Fsp3) is 0.857. The van der Waals surface area contributed by atoms with Crippen LogP contribution in [0.4, 0.5) is 13.2 Å². The van der Waals surface area contributed by atoms with Gasteiger partial charge >= 0.3 is 12.1 Å². The minimum absolute atomic E-state index is 0. The summed E-state index contributed by atoms with van der Waals surface area (Å²) in [5.74, 6) is -2.69. The van der Waals surface area contributed by atoms with Gasteiger partial charge in [0.05, 0.1) is 5.92 Å². The van der Waals surface area contributed by atoms with Crippen molar-refractivity contribution in [2.24, 2.45) is 5.92 Å². The number of hydrogen-bond acceptors (Lipinski definition) is 2. The molecule has 7 heteroatoms. The Morgan fingerprint density at radius 3 is 2.43 bits per heavy atom. The van der Waals surface area contributed by atoms with E-state index in [0.29, 0.717) is 0 Å². The number of piperidine rings is 1. The molecule has 0 aromatic heterocycles. The van der Waals surface area contributed by atoms with E-state index in [1.165, 1.54) is 0 Å². The number of carboxylic acid groups (broad SMARTS) is 1. The van der Waals surface area contributed by atoms with Crippen molar-refractivity contribution >= 4 is 18.4 Å². The second kappa shape index (κ2) is 4.84. The second-order valence-electron chi connectivity index (χ2n) is 3.11. The lowest BCUT2D eigenvalue weighted by atomic mass is 9.92. The van der Waals surface area contributed by atoms with Crippen LogP contribution in [0.3, 0.4) is 0 Å². The Morgan fingerprint density at radius 2 is 2.00 bits per heavy atom. The minimum atomic E-state index is -4.27. The normalized spacial score (nSPS) is 27.9. The van der Waals surface area contributed by atoms with Gasteiger partial charge in [0.1, 0.15) is 6.04 Å². The first kappa shape index (κ1) is 13.5. The molecule has 14 heavy (non-hydrogen) atoms. The molecule has 0 radical (unpaired) electrons. The van der Waals surface area contributed by atoms with E-state index in [1.807, 2.05) is 0 Å². The maximum absolute atomic E-state index is 12.2. The summed E-state index contributed by atoms with van der Waals surface area (Å²) in [7, 11) is 0. The van der Waals surface area contributed by atoms with Crippen LogP contribution in [0.15, 0.2) is 0 Å². The van der Waals surface area contributed by atoms with Crippen LogP contribution in [-0.4, -0.2) is 29.8 Å². The molecule has 0 bridgehead atoms. The van der Waals surface area contributed by atoms with Crippen LogP contribution < -0.4 is 5.32 Å².